The number of hydrogen-bond donors (Lipinski definition) is 1. The molecule has 0 aromatic carbocycles. The van der Waals surface area contributed by atoms with Crippen LogP contribution in [0.2, 0.25) is 0 Å². The highest BCUT2D eigenvalue weighted by atomic mass is 14.6. The Morgan fingerprint density at radius 2 is 1.56 bits per heavy atom. The predicted molar refractivity (Wildman–Crippen MR) is 72.5 cm³/mol. The van der Waals surface area contributed by atoms with Gasteiger partial charge < -0.3 is 5.73 Å². The maximum absolute atomic E-state index is 6.29. The molecule has 2 N–H and O–H groups in total. The van der Waals surface area contributed by atoms with Crippen molar-refractivity contribution in [3.8, 4) is 0 Å². The normalized spacial score (nSPS) is 19.9. The molecule has 1 saturated carbocycles. The maximum Gasteiger partial charge on any atom is 0.00671 e. The van der Waals surface area contributed by atoms with Gasteiger partial charge in [-0.3, -0.25) is 0 Å². The van der Waals surface area contributed by atoms with E-state index >= 15 is 0 Å². The first-order valence-electron chi connectivity index (χ1n) is 7.60. The van der Waals surface area contributed by atoms with Crippen molar-refractivity contribution >= 4 is 0 Å². The maximum atomic E-state index is 6.29. The topological polar surface area (TPSA) is 26.0 Å². The minimum Gasteiger partial charge on any atom is -0.327 e. The van der Waals surface area contributed by atoms with Crippen molar-refractivity contribution in [3.63, 3.8) is 0 Å². The van der Waals surface area contributed by atoms with Crippen molar-refractivity contribution in [2.75, 3.05) is 0 Å². The van der Waals surface area contributed by atoms with E-state index in [9.17, 15) is 0 Å². The molecule has 1 atom stereocenters. The van der Waals surface area contributed by atoms with Crippen LogP contribution in [0.4, 0.5) is 0 Å². The summed E-state index contributed by atoms with van der Waals surface area (Å²) in [5, 5.41) is 0. The molecule has 1 nitrogen and oxygen atoms in total. The van der Waals surface area contributed by atoms with Crippen molar-refractivity contribution in [3.05, 3.63) is 0 Å². The molecule has 96 valence electrons. The van der Waals surface area contributed by atoms with Gasteiger partial charge in [0.05, 0.1) is 0 Å². The third-order valence-corrected chi connectivity index (χ3v) is 4.15. The standard InChI is InChI=1S/C15H31N/c1-2-3-4-5-6-10-13-15(16)14-11-8-7-9-12-14/h14-15H,2-13,16H2,1H3. The van der Waals surface area contributed by atoms with E-state index in [4.69, 9.17) is 5.73 Å². The molecule has 0 aromatic heterocycles. The Bertz CT molecular complexity index is 150. The van der Waals surface area contributed by atoms with Gasteiger partial charge in [0, 0.05) is 6.04 Å². The van der Waals surface area contributed by atoms with Gasteiger partial charge in [0.2, 0.25) is 0 Å². The molecular weight excluding hydrogens is 194 g/mol. The van der Waals surface area contributed by atoms with E-state index < -0.39 is 0 Å². The second kappa shape index (κ2) is 9.04. The van der Waals surface area contributed by atoms with Gasteiger partial charge in [-0.05, 0) is 25.2 Å². The molecule has 0 radical (unpaired) electrons. The summed E-state index contributed by atoms with van der Waals surface area (Å²) < 4.78 is 0. The van der Waals surface area contributed by atoms with Crippen LogP contribution < -0.4 is 5.73 Å². The third-order valence-electron chi connectivity index (χ3n) is 4.15. The Labute approximate surface area is 102 Å². The van der Waals surface area contributed by atoms with E-state index in [0.717, 1.165) is 5.92 Å². The van der Waals surface area contributed by atoms with Crippen LogP contribution in [0.25, 0.3) is 0 Å². The molecule has 0 saturated heterocycles. The van der Waals surface area contributed by atoms with Gasteiger partial charge in [0.1, 0.15) is 0 Å². The van der Waals surface area contributed by atoms with Gasteiger partial charge in [0.25, 0.3) is 0 Å². The molecule has 0 aromatic rings. The van der Waals surface area contributed by atoms with Gasteiger partial charge in [-0.15, -0.1) is 0 Å². The first kappa shape index (κ1) is 14.0. The summed E-state index contributed by atoms with van der Waals surface area (Å²) in [6.45, 7) is 2.28. The van der Waals surface area contributed by atoms with Gasteiger partial charge in [-0.25, -0.2) is 0 Å². The minimum atomic E-state index is 0.506. The average Bonchev–Trinajstić information content (AvgIpc) is 2.34. The van der Waals surface area contributed by atoms with Crippen molar-refractivity contribution in [2.24, 2.45) is 11.7 Å². The second-order valence-corrected chi connectivity index (χ2v) is 5.62. The Hall–Kier alpha value is -0.0400. The predicted octanol–water partition coefficient (Wildman–Crippen LogP) is 4.64. The number of hydrogen-bond acceptors (Lipinski definition) is 1. The van der Waals surface area contributed by atoms with Crippen LogP contribution in [0.5, 0.6) is 0 Å². The molecule has 0 bridgehead atoms. The molecule has 1 fully saturated rings. The Morgan fingerprint density at radius 1 is 0.938 bits per heavy atom. The van der Waals surface area contributed by atoms with E-state index in [1.54, 1.807) is 0 Å². The van der Waals surface area contributed by atoms with Crippen LogP contribution in [0.1, 0.15) is 84.0 Å². The molecular formula is C15H31N. The van der Waals surface area contributed by atoms with Crippen molar-refractivity contribution in [1.29, 1.82) is 0 Å². The highest BCUT2D eigenvalue weighted by molar-refractivity contribution is 4.76. The van der Waals surface area contributed by atoms with E-state index in [0.29, 0.717) is 6.04 Å². The lowest BCUT2D eigenvalue weighted by molar-refractivity contribution is 0.290. The Kier molecular flexibility index (Phi) is 7.92. The largest absolute Gasteiger partial charge is 0.327 e. The van der Waals surface area contributed by atoms with Gasteiger partial charge >= 0.3 is 0 Å². The van der Waals surface area contributed by atoms with Crippen molar-refractivity contribution in [2.45, 2.75) is 90.0 Å². The smallest absolute Gasteiger partial charge is 0.00671 e. The van der Waals surface area contributed by atoms with Crippen molar-refractivity contribution < 1.29 is 0 Å². The molecule has 0 heterocycles. The van der Waals surface area contributed by atoms with Crippen LogP contribution >= 0.6 is 0 Å². The molecule has 1 heteroatoms. The van der Waals surface area contributed by atoms with Crippen LogP contribution in [0.15, 0.2) is 0 Å². The Balaban J connectivity index is 1.94. The first-order chi connectivity index (χ1) is 7.84. The lowest BCUT2D eigenvalue weighted by Crippen LogP contribution is -2.31. The minimum absolute atomic E-state index is 0.506. The summed E-state index contributed by atoms with van der Waals surface area (Å²) in [6.07, 6.45) is 16.7. The monoisotopic (exact) mass is 225 g/mol. The summed E-state index contributed by atoms with van der Waals surface area (Å²) >= 11 is 0. The summed E-state index contributed by atoms with van der Waals surface area (Å²) in [6, 6.07) is 0.506. The zero-order valence-corrected chi connectivity index (χ0v) is 11.2. The van der Waals surface area contributed by atoms with E-state index in [2.05, 4.69) is 6.92 Å². The van der Waals surface area contributed by atoms with E-state index in [1.807, 2.05) is 0 Å². The summed E-state index contributed by atoms with van der Waals surface area (Å²) in [7, 11) is 0. The summed E-state index contributed by atoms with van der Waals surface area (Å²) in [4.78, 5) is 0. The highest BCUT2D eigenvalue weighted by Crippen LogP contribution is 2.27. The molecule has 1 aliphatic rings. The van der Waals surface area contributed by atoms with E-state index in [1.165, 1.54) is 77.0 Å². The van der Waals surface area contributed by atoms with Crippen LogP contribution in [0, 0.1) is 5.92 Å². The molecule has 1 aliphatic carbocycles. The number of nitrogens with two attached hydrogens (primary N) is 1. The molecule has 1 rings (SSSR count). The summed E-state index contributed by atoms with van der Waals surface area (Å²) in [5.74, 6) is 0.851. The molecule has 1 unspecified atom stereocenters. The number of unbranched alkanes of at least 4 members (excludes halogenated alkanes) is 5. The zero-order valence-electron chi connectivity index (χ0n) is 11.2. The van der Waals surface area contributed by atoms with Gasteiger partial charge in [0.15, 0.2) is 0 Å². The van der Waals surface area contributed by atoms with E-state index in [-0.39, 0.29) is 0 Å². The van der Waals surface area contributed by atoms with Gasteiger partial charge in [-0.1, -0.05) is 64.7 Å². The lowest BCUT2D eigenvalue weighted by atomic mass is 9.82. The molecule has 16 heavy (non-hydrogen) atoms. The summed E-state index contributed by atoms with van der Waals surface area (Å²) in [5.41, 5.74) is 6.29. The molecule has 0 aliphatic heterocycles. The quantitative estimate of drug-likeness (QED) is 0.598. The van der Waals surface area contributed by atoms with Crippen LogP contribution in [0.3, 0.4) is 0 Å². The fourth-order valence-corrected chi connectivity index (χ4v) is 2.96. The number of rotatable bonds is 8. The zero-order chi connectivity index (χ0) is 11.6. The molecule has 0 spiro atoms. The highest BCUT2D eigenvalue weighted by Gasteiger charge is 2.19. The van der Waals surface area contributed by atoms with Crippen LogP contribution in [-0.4, -0.2) is 6.04 Å². The fraction of sp³-hybridized carbons (Fsp3) is 1.00. The SMILES string of the molecule is CCCCCCCCC(N)C1CCCCC1. The van der Waals surface area contributed by atoms with Crippen LogP contribution in [-0.2, 0) is 0 Å². The fourth-order valence-electron chi connectivity index (χ4n) is 2.96. The average molecular weight is 225 g/mol. The van der Waals surface area contributed by atoms with Crippen molar-refractivity contribution in [1.82, 2.24) is 0 Å². The Morgan fingerprint density at radius 3 is 2.25 bits per heavy atom. The lowest BCUT2D eigenvalue weighted by Gasteiger charge is -2.27. The van der Waals surface area contributed by atoms with Gasteiger partial charge in [-0.2, -0.15) is 0 Å². The second-order valence-electron chi connectivity index (χ2n) is 5.62. The molecule has 0 amide bonds. The first-order valence-corrected chi connectivity index (χ1v) is 7.60. The third kappa shape index (κ3) is 5.89.